The lowest BCUT2D eigenvalue weighted by atomic mass is 10.1. The van der Waals surface area contributed by atoms with Gasteiger partial charge < -0.3 is 4.74 Å². The highest BCUT2D eigenvalue weighted by Gasteiger charge is 2.37. The molecule has 1 aliphatic heterocycles. The number of ether oxygens (including phenoxy) is 1. The fourth-order valence-corrected chi connectivity index (χ4v) is 3.64. The van der Waals surface area contributed by atoms with Gasteiger partial charge >= 0.3 is 0 Å². The molecule has 0 saturated carbocycles. The van der Waals surface area contributed by atoms with Gasteiger partial charge in [0.1, 0.15) is 5.75 Å². The Labute approximate surface area is 155 Å². The van der Waals surface area contributed by atoms with Crippen LogP contribution in [0.15, 0.2) is 53.4 Å². The van der Waals surface area contributed by atoms with Gasteiger partial charge in [0.05, 0.1) is 12.0 Å². The van der Waals surface area contributed by atoms with Crippen molar-refractivity contribution in [3.63, 3.8) is 0 Å². The van der Waals surface area contributed by atoms with E-state index in [1.54, 1.807) is 25.3 Å². The Hall–Kier alpha value is -2.44. The van der Waals surface area contributed by atoms with E-state index < -0.39 is 11.8 Å². The van der Waals surface area contributed by atoms with Crippen molar-refractivity contribution >= 4 is 46.2 Å². The zero-order chi connectivity index (χ0) is 18.0. The van der Waals surface area contributed by atoms with Crippen molar-refractivity contribution in [1.29, 1.82) is 0 Å². The molecule has 1 heterocycles. The molecule has 0 spiro atoms. The quantitative estimate of drug-likeness (QED) is 0.464. The van der Waals surface area contributed by atoms with Gasteiger partial charge in [-0.25, -0.2) is 4.90 Å². The van der Waals surface area contributed by atoms with Gasteiger partial charge in [-0.2, -0.15) is 0 Å². The summed E-state index contributed by atoms with van der Waals surface area (Å²) in [5.74, 6) is -0.171. The van der Waals surface area contributed by atoms with Crippen LogP contribution < -0.4 is 4.74 Å². The average molecular weight is 369 g/mol. The van der Waals surface area contributed by atoms with Crippen LogP contribution in [0.2, 0.25) is 0 Å². The zero-order valence-electron chi connectivity index (χ0n) is 13.7. The average Bonchev–Trinajstić information content (AvgIpc) is 2.89. The summed E-state index contributed by atoms with van der Waals surface area (Å²) in [6.07, 6.45) is 1.69. The first kappa shape index (κ1) is 17.4. The van der Waals surface area contributed by atoms with Crippen molar-refractivity contribution < 1.29 is 14.3 Å². The van der Waals surface area contributed by atoms with E-state index in [4.69, 9.17) is 17.0 Å². The second kappa shape index (κ2) is 7.21. The number of carbonyl (C=O) groups excluding carboxylic acids is 2. The predicted molar refractivity (Wildman–Crippen MR) is 104 cm³/mol. The monoisotopic (exact) mass is 369 g/mol. The summed E-state index contributed by atoms with van der Waals surface area (Å²) in [5, 5.41) is 0. The van der Waals surface area contributed by atoms with Gasteiger partial charge in [-0.3, -0.25) is 9.59 Å². The maximum Gasteiger partial charge on any atom is 0.273 e. The molecule has 0 unspecified atom stereocenters. The maximum absolute atomic E-state index is 12.7. The summed E-state index contributed by atoms with van der Waals surface area (Å²) < 4.78 is 5.53. The van der Waals surface area contributed by atoms with Gasteiger partial charge in [0.15, 0.2) is 4.32 Å². The minimum absolute atomic E-state index is 0.233. The van der Waals surface area contributed by atoms with Gasteiger partial charge in [0.2, 0.25) is 0 Å². The van der Waals surface area contributed by atoms with Crippen LogP contribution in [-0.4, -0.2) is 28.1 Å². The molecule has 2 amide bonds. The van der Waals surface area contributed by atoms with E-state index in [0.717, 1.165) is 27.8 Å². The molecule has 2 aromatic rings. The number of hydrogen-bond donors (Lipinski definition) is 0. The molecule has 0 aromatic heterocycles. The number of methoxy groups -OCH3 is 1. The fraction of sp³-hybridized carbons (Fsp3) is 0.105. The molecule has 4 nitrogen and oxygen atoms in total. The van der Waals surface area contributed by atoms with Crippen LogP contribution in [0.25, 0.3) is 6.08 Å². The van der Waals surface area contributed by atoms with Gasteiger partial charge in [0, 0.05) is 11.1 Å². The maximum atomic E-state index is 12.7. The molecule has 1 fully saturated rings. The second-order valence-electron chi connectivity index (χ2n) is 5.43. The Kier molecular flexibility index (Phi) is 5.01. The van der Waals surface area contributed by atoms with Crippen molar-refractivity contribution in [3.8, 4) is 5.75 Å². The van der Waals surface area contributed by atoms with Gasteiger partial charge in [-0.05, 0) is 31.2 Å². The summed E-state index contributed by atoms with van der Waals surface area (Å²) in [4.78, 5) is 26.8. The molecule has 0 atom stereocenters. The summed E-state index contributed by atoms with van der Waals surface area (Å²) in [6.45, 7) is 1.93. The number of thiocarbonyl (C=S) groups is 1. The largest absolute Gasteiger partial charge is 0.496 e. The normalized spacial score (nSPS) is 15.8. The first-order valence-electron chi connectivity index (χ1n) is 7.53. The molecular weight excluding hydrogens is 354 g/mol. The van der Waals surface area contributed by atoms with Gasteiger partial charge in [-0.15, -0.1) is 0 Å². The van der Waals surface area contributed by atoms with Crippen LogP contribution in [0.3, 0.4) is 0 Å². The lowest BCUT2D eigenvalue weighted by Gasteiger charge is -2.12. The summed E-state index contributed by atoms with van der Waals surface area (Å²) in [6, 6.07) is 14.4. The number of hydrogen-bond acceptors (Lipinski definition) is 5. The number of benzene rings is 2. The van der Waals surface area contributed by atoms with Crippen molar-refractivity contribution in [3.05, 3.63) is 70.1 Å². The van der Waals surface area contributed by atoms with Crippen molar-refractivity contribution in [2.24, 2.45) is 0 Å². The number of amides is 2. The third kappa shape index (κ3) is 3.50. The van der Waals surface area contributed by atoms with E-state index in [2.05, 4.69) is 0 Å². The van der Waals surface area contributed by atoms with Crippen LogP contribution in [0.5, 0.6) is 5.75 Å². The first-order valence-corrected chi connectivity index (χ1v) is 8.75. The molecule has 1 saturated heterocycles. The van der Waals surface area contributed by atoms with Crippen LogP contribution in [0.4, 0.5) is 0 Å². The topological polar surface area (TPSA) is 46.6 Å². The number of para-hydroxylation sites is 1. The molecule has 25 heavy (non-hydrogen) atoms. The Morgan fingerprint density at radius 1 is 1.16 bits per heavy atom. The molecule has 2 aromatic carbocycles. The molecule has 0 aliphatic carbocycles. The first-order chi connectivity index (χ1) is 12.0. The van der Waals surface area contributed by atoms with Crippen LogP contribution in [-0.2, 0) is 4.79 Å². The molecule has 0 N–H and O–H groups in total. The molecule has 0 bridgehead atoms. The lowest BCUT2D eigenvalue weighted by Crippen LogP contribution is -2.34. The SMILES string of the molecule is COc1ccccc1/C=C1/SC(=S)N(C(=O)c2ccc(C)cc2)C1=O. The predicted octanol–water partition coefficient (Wildman–Crippen LogP) is 4.05. The molecule has 3 rings (SSSR count). The van der Waals surface area contributed by atoms with E-state index in [1.165, 1.54) is 0 Å². The molecule has 0 radical (unpaired) electrons. The smallest absolute Gasteiger partial charge is 0.273 e. The molecule has 1 aliphatic rings. The minimum atomic E-state index is -0.411. The summed E-state index contributed by atoms with van der Waals surface area (Å²) >= 11 is 6.36. The molecule has 126 valence electrons. The van der Waals surface area contributed by atoms with Gasteiger partial charge in [-0.1, -0.05) is 59.9 Å². The molecule has 6 heteroatoms. The summed E-state index contributed by atoms with van der Waals surface area (Å²) in [7, 11) is 1.57. The second-order valence-corrected chi connectivity index (χ2v) is 7.11. The standard InChI is InChI=1S/C19H15NO3S2/c1-12-7-9-13(10-8-12)17(21)20-18(22)16(25-19(20)24)11-14-5-3-4-6-15(14)23-2/h3-11H,1-2H3/b16-11+. The van der Waals surface area contributed by atoms with Crippen molar-refractivity contribution in [2.75, 3.05) is 7.11 Å². The highest BCUT2D eigenvalue weighted by Crippen LogP contribution is 2.35. The Bertz CT molecular complexity index is 888. The van der Waals surface area contributed by atoms with E-state index in [1.807, 2.05) is 43.3 Å². The van der Waals surface area contributed by atoms with Crippen molar-refractivity contribution in [1.82, 2.24) is 4.90 Å². The van der Waals surface area contributed by atoms with Crippen LogP contribution in [0.1, 0.15) is 21.5 Å². The lowest BCUT2D eigenvalue weighted by molar-refractivity contribution is -0.120. The third-order valence-electron chi connectivity index (χ3n) is 3.72. The number of nitrogens with zero attached hydrogens (tertiary/aromatic N) is 1. The molecular formula is C19H15NO3S2. The fourth-order valence-electron chi connectivity index (χ4n) is 2.39. The minimum Gasteiger partial charge on any atom is -0.496 e. The highest BCUT2D eigenvalue weighted by molar-refractivity contribution is 8.26. The number of carbonyl (C=O) groups is 2. The third-order valence-corrected chi connectivity index (χ3v) is 5.02. The zero-order valence-corrected chi connectivity index (χ0v) is 15.3. The van der Waals surface area contributed by atoms with E-state index in [9.17, 15) is 9.59 Å². The number of rotatable bonds is 3. The summed E-state index contributed by atoms with van der Waals surface area (Å²) in [5.41, 5.74) is 2.23. The Morgan fingerprint density at radius 3 is 2.52 bits per heavy atom. The van der Waals surface area contributed by atoms with E-state index >= 15 is 0 Å². The van der Waals surface area contributed by atoms with Crippen LogP contribution >= 0.6 is 24.0 Å². The number of aryl methyl sites for hydroxylation is 1. The van der Waals surface area contributed by atoms with Crippen molar-refractivity contribution in [2.45, 2.75) is 6.92 Å². The number of thioether (sulfide) groups is 1. The highest BCUT2D eigenvalue weighted by atomic mass is 32.2. The van der Waals surface area contributed by atoms with Gasteiger partial charge in [0.25, 0.3) is 11.8 Å². The number of imide groups is 1. The Morgan fingerprint density at radius 2 is 1.84 bits per heavy atom. The van der Waals surface area contributed by atoms with Crippen LogP contribution in [0, 0.1) is 6.92 Å². The Balaban J connectivity index is 1.91. The van der Waals surface area contributed by atoms with E-state index in [-0.39, 0.29) is 4.32 Å². The van der Waals surface area contributed by atoms with E-state index in [0.29, 0.717) is 16.2 Å².